The quantitative estimate of drug-likeness (QED) is 0.675. The third-order valence-corrected chi connectivity index (χ3v) is 4.03. The number of fused-ring (bicyclic) bond motifs is 1. The van der Waals surface area contributed by atoms with Crippen molar-refractivity contribution in [1.82, 2.24) is 0 Å². The molecule has 1 N–H and O–H groups in total. The minimum atomic E-state index is -0.147. The summed E-state index contributed by atoms with van der Waals surface area (Å²) in [5.41, 5.74) is 4.48. The highest BCUT2D eigenvalue weighted by Gasteiger charge is 2.13. The van der Waals surface area contributed by atoms with Crippen molar-refractivity contribution < 1.29 is 9.21 Å². The zero-order valence-corrected chi connectivity index (χ0v) is 14.3. The first-order chi connectivity index (χ1) is 10.9. The fourth-order valence-electron chi connectivity index (χ4n) is 2.76. The van der Waals surface area contributed by atoms with Crippen LogP contribution in [0.1, 0.15) is 16.7 Å². The molecule has 0 aliphatic rings. The average Bonchev–Trinajstić information content (AvgIpc) is 2.80. The molecule has 1 amide bonds. The minimum Gasteiger partial charge on any atom is -0.464 e. The van der Waals surface area contributed by atoms with E-state index in [2.05, 4.69) is 11.4 Å². The number of hydrogen-bond acceptors (Lipinski definition) is 2. The maximum Gasteiger partial charge on any atom is 0.228 e. The van der Waals surface area contributed by atoms with Gasteiger partial charge in [-0.25, -0.2) is 0 Å². The monoisotopic (exact) mass is 347 g/mol. The van der Waals surface area contributed by atoms with Crippen LogP contribution in [0.3, 0.4) is 0 Å². The summed E-state index contributed by atoms with van der Waals surface area (Å²) in [4.78, 5) is 12.3. The van der Waals surface area contributed by atoms with Gasteiger partial charge in [-0.3, -0.25) is 4.79 Å². The Kier molecular flexibility index (Phi) is 4.33. The van der Waals surface area contributed by atoms with Gasteiger partial charge in [0, 0.05) is 26.7 Å². The molecule has 0 aliphatic heterocycles. The van der Waals surface area contributed by atoms with Crippen molar-refractivity contribution >= 4 is 45.8 Å². The number of carbonyl (C=O) groups excluding carboxylic acids is 1. The maximum atomic E-state index is 12.3. The molecule has 0 atom stereocenters. The van der Waals surface area contributed by atoms with E-state index in [1.165, 1.54) is 0 Å². The summed E-state index contributed by atoms with van der Waals surface area (Å²) in [5, 5.41) is 4.76. The van der Waals surface area contributed by atoms with Crippen LogP contribution in [0.2, 0.25) is 10.0 Å². The topological polar surface area (TPSA) is 42.2 Å². The first kappa shape index (κ1) is 15.9. The van der Waals surface area contributed by atoms with Gasteiger partial charge >= 0.3 is 0 Å². The van der Waals surface area contributed by atoms with Crippen molar-refractivity contribution in [3.8, 4) is 0 Å². The molecule has 5 heteroatoms. The lowest BCUT2D eigenvalue weighted by atomic mass is 10.0. The molecular weight excluding hydrogens is 333 g/mol. The van der Waals surface area contributed by atoms with E-state index in [9.17, 15) is 4.79 Å². The van der Waals surface area contributed by atoms with E-state index >= 15 is 0 Å². The molecule has 0 radical (unpaired) electrons. The van der Waals surface area contributed by atoms with Crippen LogP contribution in [0.4, 0.5) is 5.69 Å². The van der Waals surface area contributed by atoms with Gasteiger partial charge in [0.05, 0.1) is 12.7 Å². The summed E-state index contributed by atoms with van der Waals surface area (Å²) in [6.45, 7) is 4.03. The highest BCUT2D eigenvalue weighted by Crippen LogP contribution is 2.27. The summed E-state index contributed by atoms with van der Waals surface area (Å²) < 4.78 is 5.58. The highest BCUT2D eigenvalue weighted by molar-refractivity contribution is 6.35. The van der Waals surface area contributed by atoms with E-state index in [0.29, 0.717) is 15.7 Å². The Morgan fingerprint density at radius 2 is 1.78 bits per heavy atom. The summed E-state index contributed by atoms with van der Waals surface area (Å²) in [6, 6.07) is 8.99. The van der Waals surface area contributed by atoms with Gasteiger partial charge in [0.15, 0.2) is 0 Å². The SMILES string of the molecule is Cc1cc(C)c2c(CC(=O)Nc3cc(Cl)cc(Cl)c3)coc2c1. The Labute approximate surface area is 144 Å². The molecular formula is C18H15Cl2NO2. The molecule has 0 fully saturated rings. The van der Waals surface area contributed by atoms with Crippen LogP contribution in [0.5, 0.6) is 0 Å². The number of anilines is 1. The van der Waals surface area contributed by atoms with E-state index in [4.69, 9.17) is 27.6 Å². The third-order valence-electron chi connectivity index (χ3n) is 3.59. The largest absolute Gasteiger partial charge is 0.464 e. The van der Waals surface area contributed by atoms with Crippen LogP contribution in [-0.2, 0) is 11.2 Å². The summed E-state index contributed by atoms with van der Waals surface area (Å²) in [5.74, 6) is -0.147. The van der Waals surface area contributed by atoms with E-state index in [1.807, 2.05) is 19.9 Å². The van der Waals surface area contributed by atoms with Gasteiger partial charge in [-0.2, -0.15) is 0 Å². The maximum absolute atomic E-state index is 12.3. The van der Waals surface area contributed by atoms with Gasteiger partial charge in [0.1, 0.15) is 5.58 Å². The molecule has 0 spiro atoms. The van der Waals surface area contributed by atoms with Crippen molar-refractivity contribution in [1.29, 1.82) is 0 Å². The predicted molar refractivity (Wildman–Crippen MR) is 94.5 cm³/mol. The molecule has 0 unspecified atom stereocenters. The molecule has 0 aliphatic carbocycles. The summed E-state index contributed by atoms with van der Waals surface area (Å²) in [6.07, 6.45) is 1.86. The molecule has 0 saturated carbocycles. The fraction of sp³-hybridized carbons (Fsp3) is 0.167. The van der Waals surface area contributed by atoms with Crippen LogP contribution >= 0.6 is 23.2 Å². The summed E-state index contributed by atoms with van der Waals surface area (Å²) >= 11 is 11.9. The summed E-state index contributed by atoms with van der Waals surface area (Å²) in [7, 11) is 0. The standard InChI is InChI=1S/C18H15Cl2NO2/c1-10-3-11(2)18-12(9-23-16(18)4-10)5-17(22)21-15-7-13(19)6-14(20)8-15/h3-4,6-9H,5H2,1-2H3,(H,21,22). The second kappa shape index (κ2) is 6.26. The smallest absolute Gasteiger partial charge is 0.228 e. The van der Waals surface area contributed by atoms with Crippen molar-refractivity contribution in [3.05, 3.63) is 63.3 Å². The van der Waals surface area contributed by atoms with E-state index in [-0.39, 0.29) is 12.3 Å². The third kappa shape index (κ3) is 3.52. The molecule has 2 aromatic carbocycles. The van der Waals surface area contributed by atoms with Crippen LogP contribution in [0, 0.1) is 13.8 Å². The second-order valence-corrected chi connectivity index (χ2v) is 6.47. The molecule has 1 heterocycles. The Morgan fingerprint density at radius 1 is 1.09 bits per heavy atom. The number of nitrogens with one attached hydrogen (secondary N) is 1. The molecule has 118 valence electrons. The minimum absolute atomic E-state index is 0.147. The van der Waals surface area contributed by atoms with Crippen molar-refractivity contribution in [2.24, 2.45) is 0 Å². The Hall–Kier alpha value is -1.97. The van der Waals surface area contributed by atoms with Crippen LogP contribution < -0.4 is 5.32 Å². The number of benzene rings is 2. The van der Waals surface area contributed by atoms with Crippen molar-refractivity contribution in [2.75, 3.05) is 5.32 Å². The molecule has 3 nitrogen and oxygen atoms in total. The van der Waals surface area contributed by atoms with Crippen molar-refractivity contribution in [2.45, 2.75) is 20.3 Å². The first-order valence-corrected chi connectivity index (χ1v) is 7.91. The van der Waals surface area contributed by atoms with Gasteiger partial charge in [-0.15, -0.1) is 0 Å². The number of aryl methyl sites for hydroxylation is 2. The lowest BCUT2D eigenvalue weighted by Crippen LogP contribution is -2.14. The van der Waals surface area contributed by atoms with Gasteiger partial charge in [0.25, 0.3) is 0 Å². The van der Waals surface area contributed by atoms with Gasteiger partial charge in [-0.1, -0.05) is 29.3 Å². The zero-order valence-electron chi connectivity index (χ0n) is 12.7. The lowest BCUT2D eigenvalue weighted by molar-refractivity contribution is -0.115. The fourth-order valence-corrected chi connectivity index (χ4v) is 3.29. The normalized spacial score (nSPS) is 11.0. The Bertz CT molecular complexity index is 879. The van der Waals surface area contributed by atoms with Crippen LogP contribution in [0.25, 0.3) is 11.0 Å². The number of amides is 1. The first-order valence-electron chi connectivity index (χ1n) is 7.15. The number of rotatable bonds is 3. The molecule has 1 aromatic heterocycles. The van der Waals surface area contributed by atoms with E-state index in [1.54, 1.807) is 24.5 Å². The average molecular weight is 348 g/mol. The number of halogens is 2. The highest BCUT2D eigenvalue weighted by atomic mass is 35.5. The van der Waals surface area contributed by atoms with E-state index < -0.39 is 0 Å². The van der Waals surface area contributed by atoms with Crippen molar-refractivity contribution in [3.63, 3.8) is 0 Å². The Morgan fingerprint density at radius 3 is 2.48 bits per heavy atom. The number of carbonyl (C=O) groups is 1. The van der Waals surface area contributed by atoms with Gasteiger partial charge in [-0.05, 0) is 49.2 Å². The predicted octanol–water partition coefficient (Wildman–Crippen LogP) is 5.54. The molecule has 23 heavy (non-hydrogen) atoms. The zero-order chi connectivity index (χ0) is 16.6. The van der Waals surface area contributed by atoms with Crippen LogP contribution in [0.15, 0.2) is 41.0 Å². The number of furan rings is 1. The van der Waals surface area contributed by atoms with Gasteiger partial charge < -0.3 is 9.73 Å². The second-order valence-electron chi connectivity index (χ2n) is 5.60. The molecule has 3 aromatic rings. The number of hydrogen-bond donors (Lipinski definition) is 1. The van der Waals surface area contributed by atoms with Gasteiger partial charge in [0.2, 0.25) is 5.91 Å². The van der Waals surface area contributed by atoms with E-state index in [0.717, 1.165) is 27.7 Å². The van der Waals surface area contributed by atoms with Crippen LogP contribution in [-0.4, -0.2) is 5.91 Å². The molecule has 0 saturated heterocycles. The molecule has 0 bridgehead atoms. The lowest BCUT2D eigenvalue weighted by Gasteiger charge is -2.06. The molecule has 3 rings (SSSR count). The Balaban J connectivity index is 1.83.